The van der Waals surface area contributed by atoms with Crippen LogP contribution in [0.1, 0.15) is 15.9 Å². The van der Waals surface area contributed by atoms with Gasteiger partial charge in [-0.25, -0.2) is 14.0 Å². The molecule has 0 unspecified atom stereocenters. The van der Waals surface area contributed by atoms with Crippen LogP contribution in [0.3, 0.4) is 0 Å². The first-order chi connectivity index (χ1) is 9.95. The molecule has 0 fully saturated rings. The largest absolute Gasteiger partial charge is 0.478 e. The quantitative estimate of drug-likeness (QED) is 0.797. The van der Waals surface area contributed by atoms with Gasteiger partial charge >= 0.3 is 12.0 Å². The topological polar surface area (TPSA) is 96.2 Å². The number of amides is 2. The van der Waals surface area contributed by atoms with Crippen LogP contribution >= 0.6 is 0 Å². The summed E-state index contributed by atoms with van der Waals surface area (Å²) in [4.78, 5) is 22.7. The highest BCUT2D eigenvalue weighted by Gasteiger charge is 2.13. The summed E-state index contributed by atoms with van der Waals surface area (Å²) in [7, 11) is 1.75. The Morgan fingerprint density at radius 3 is 2.81 bits per heavy atom. The maximum Gasteiger partial charge on any atom is 0.337 e. The van der Waals surface area contributed by atoms with Gasteiger partial charge in [-0.15, -0.1) is 0 Å². The zero-order valence-electron chi connectivity index (χ0n) is 11.1. The minimum atomic E-state index is -1.32. The second kappa shape index (κ2) is 6.04. The van der Waals surface area contributed by atoms with Crippen LogP contribution in [0, 0.1) is 5.82 Å². The van der Waals surface area contributed by atoms with E-state index in [1.807, 2.05) is 0 Å². The van der Waals surface area contributed by atoms with E-state index < -0.39 is 17.8 Å². The third kappa shape index (κ3) is 3.78. The Hall–Kier alpha value is -2.90. The SMILES string of the molecule is Cn1cc(CNC(=O)Nc2ccc(F)cc2C(=O)O)cn1. The normalized spacial score (nSPS) is 10.2. The van der Waals surface area contributed by atoms with E-state index in [0.29, 0.717) is 0 Å². The van der Waals surface area contributed by atoms with Crippen molar-refractivity contribution in [3.8, 4) is 0 Å². The van der Waals surface area contributed by atoms with Crippen molar-refractivity contribution >= 4 is 17.7 Å². The highest BCUT2D eigenvalue weighted by molar-refractivity contribution is 5.99. The molecular weight excluding hydrogens is 279 g/mol. The highest BCUT2D eigenvalue weighted by atomic mass is 19.1. The van der Waals surface area contributed by atoms with Crippen molar-refractivity contribution in [2.24, 2.45) is 7.05 Å². The van der Waals surface area contributed by atoms with Crippen LogP contribution in [-0.2, 0) is 13.6 Å². The lowest BCUT2D eigenvalue weighted by molar-refractivity contribution is 0.0697. The molecule has 0 aliphatic heterocycles. The van der Waals surface area contributed by atoms with Gasteiger partial charge in [-0.05, 0) is 18.2 Å². The molecule has 3 N–H and O–H groups in total. The van der Waals surface area contributed by atoms with Gasteiger partial charge in [0.25, 0.3) is 0 Å². The second-order valence-electron chi connectivity index (χ2n) is 4.32. The predicted molar refractivity (Wildman–Crippen MR) is 72.4 cm³/mol. The van der Waals surface area contributed by atoms with Gasteiger partial charge in [0.05, 0.1) is 17.4 Å². The summed E-state index contributed by atoms with van der Waals surface area (Å²) in [5.41, 5.74) is 0.504. The molecule has 0 atom stereocenters. The second-order valence-corrected chi connectivity index (χ2v) is 4.32. The minimum absolute atomic E-state index is 0.0209. The standard InChI is InChI=1S/C13H13FN4O3/c1-18-7-8(6-16-18)5-15-13(21)17-11-3-2-9(14)4-10(11)12(19)20/h2-4,6-7H,5H2,1H3,(H,19,20)(H2,15,17,21). The Balaban J connectivity index is 2.01. The summed E-state index contributed by atoms with van der Waals surface area (Å²) in [6, 6.07) is 2.53. The molecular formula is C13H13FN4O3. The van der Waals surface area contributed by atoms with E-state index in [0.717, 1.165) is 17.7 Å². The Morgan fingerprint density at radius 1 is 1.43 bits per heavy atom. The van der Waals surface area contributed by atoms with Crippen molar-refractivity contribution in [2.45, 2.75) is 6.54 Å². The van der Waals surface area contributed by atoms with Gasteiger partial charge in [0.15, 0.2) is 0 Å². The average Bonchev–Trinajstić information content (AvgIpc) is 2.84. The molecule has 2 amide bonds. The van der Waals surface area contributed by atoms with Gasteiger partial charge in [-0.2, -0.15) is 5.10 Å². The lowest BCUT2D eigenvalue weighted by Gasteiger charge is -2.09. The van der Waals surface area contributed by atoms with Crippen molar-refractivity contribution < 1.29 is 19.1 Å². The van der Waals surface area contributed by atoms with E-state index in [2.05, 4.69) is 15.7 Å². The molecule has 0 radical (unpaired) electrons. The van der Waals surface area contributed by atoms with Crippen molar-refractivity contribution in [1.29, 1.82) is 0 Å². The monoisotopic (exact) mass is 292 g/mol. The number of aromatic nitrogens is 2. The third-order valence-electron chi connectivity index (χ3n) is 2.67. The van der Waals surface area contributed by atoms with Crippen LogP contribution in [0.5, 0.6) is 0 Å². The zero-order chi connectivity index (χ0) is 15.4. The number of hydrogen-bond donors (Lipinski definition) is 3. The molecule has 0 aliphatic carbocycles. The number of carbonyl (C=O) groups excluding carboxylic acids is 1. The Bertz CT molecular complexity index is 684. The number of halogens is 1. The predicted octanol–water partition coefficient (Wildman–Crippen LogP) is 1.58. The lowest BCUT2D eigenvalue weighted by atomic mass is 10.2. The summed E-state index contributed by atoms with van der Waals surface area (Å²) >= 11 is 0. The van der Waals surface area contributed by atoms with E-state index in [9.17, 15) is 14.0 Å². The van der Waals surface area contributed by atoms with Gasteiger partial charge in [0.1, 0.15) is 5.82 Å². The van der Waals surface area contributed by atoms with Crippen LogP contribution in [0.15, 0.2) is 30.6 Å². The number of carboxylic acids is 1. The molecule has 0 saturated heterocycles. The molecule has 0 spiro atoms. The van der Waals surface area contributed by atoms with Gasteiger partial charge in [-0.3, -0.25) is 4.68 Å². The zero-order valence-corrected chi connectivity index (χ0v) is 11.1. The van der Waals surface area contributed by atoms with E-state index >= 15 is 0 Å². The number of hydrogen-bond acceptors (Lipinski definition) is 3. The summed E-state index contributed by atoms with van der Waals surface area (Å²) in [6.45, 7) is 0.239. The maximum absolute atomic E-state index is 13.0. The van der Waals surface area contributed by atoms with Crippen molar-refractivity contribution in [2.75, 3.05) is 5.32 Å². The smallest absolute Gasteiger partial charge is 0.337 e. The maximum atomic E-state index is 13.0. The van der Waals surface area contributed by atoms with Crippen LogP contribution in [0.4, 0.5) is 14.9 Å². The van der Waals surface area contributed by atoms with Crippen molar-refractivity contribution in [3.05, 3.63) is 47.5 Å². The molecule has 2 rings (SSSR count). The molecule has 110 valence electrons. The molecule has 21 heavy (non-hydrogen) atoms. The lowest BCUT2D eigenvalue weighted by Crippen LogP contribution is -2.28. The molecule has 0 bridgehead atoms. The highest BCUT2D eigenvalue weighted by Crippen LogP contribution is 2.17. The van der Waals surface area contributed by atoms with Crippen LogP contribution in [0.25, 0.3) is 0 Å². The number of nitrogens with one attached hydrogen (secondary N) is 2. The number of anilines is 1. The fourth-order valence-corrected chi connectivity index (χ4v) is 1.71. The van der Waals surface area contributed by atoms with Gasteiger partial charge < -0.3 is 15.7 Å². The summed E-state index contributed by atoms with van der Waals surface area (Å²) in [6.07, 6.45) is 3.34. The number of aromatic carboxylic acids is 1. The number of carbonyl (C=O) groups is 2. The number of carboxylic acid groups (broad SMARTS) is 1. The number of urea groups is 1. The first-order valence-corrected chi connectivity index (χ1v) is 6.01. The van der Waals surface area contributed by atoms with Gasteiger partial charge in [-0.1, -0.05) is 0 Å². The Kier molecular flexibility index (Phi) is 4.17. The number of rotatable bonds is 4. The van der Waals surface area contributed by atoms with E-state index in [1.54, 1.807) is 24.1 Å². The number of aryl methyl sites for hydroxylation is 1. The number of nitrogens with zero attached hydrogens (tertiary/aromatic N) is 2. The molecule has 1 heterocycles. The fraction of sp³-hybridized carbons (Fsp3) is 0.154. The molecule has 7 nitrogen and oxygen atoms in total. The molecule has 1 aromatic heterocycles. The first-order valence-electron chi connectivity index (χ1n) is 6.01. The Labute approximate surface area is 119 Å². The van der Waals surface area contributed by atoms with Crippen LogP contribution in [-0.4, -0.2) is 26.9 Å². The van der Waals surface area contributed by atoms with Crippen molar-refractivity contribution in [3.63, 3.8) is 0 Å². The molecule has 1 aromatic carbocycles. The summed E-state index contributed by atoms with van der Waals surface area (Å²) < 4.78 is 14.6. The van der Waals surface area contributed by atoms with Crippen LogP contribution in [0.2, 0.25) is 0 Å². The Morgan fingerprint density at radius 2 is 2.19 bits per heavy atom. The third-order valence-corrected chi connectivity index (χ3v) is 2.67. The molecule has 0 aliphatic rings. The van der Waals surface area contributed by atoms with Crippen LogP contribution < -0.4 is 10.6 Å². The van der Waals surface area contributed by atoms with E-state index in [1.165, 1.54) is 6.07 Å². The molecule has 0 saturated carbocycles. The van der Waals surface area contributed by atoms with E-state index in [-0.39, 0.29) is 17.8 Å². The number of benzene rings is 1. The first kappa shape index (κ1) is 14.5. The fourth-order valence-electron chi connectivity index (χ4n) is 1.71. The molecule has 2 aromatic rings. The van der Waals surface area contributed by atoms with E-state index in [4.69, 9.17) is 5.11 Å². The average molecular weight is 292 g/mol. The summed E-state index contributed by atoms with van der Waals surface area (Å²) in [5, 5.41) is 17.8. The van der Waals surface area contributed by atoms with Crippen molar-refractivity contribution in [1.82, 2.24) is 15.1 Å². The van der Waals surface area contributed by atoms with Gasteiger partial charge in [0, 0.05) is 25.4 Å². The van der Waals surface area contributed by atoms with Gasteiger partial charge in [0.2, 0.25) is 0 Å². The molecule has 8 heteroatoms. The summed E-state index contributed by atoms with van der Waals surface area (Å²) in [5.74, 6) is -2.01. The minimum Gasteiger partial charge on any atom is -0.478 e.